The van der Waals surface area contributed by atoms with Crippen LogP contribution in [0.15, 0.2) is 46.7 Å². The lowest BCUT2D eigenvalue weighted by Gasteiger charge is -2.46. The molecule has 1 saturated carbocycles. The van der Waals surface area contributed by atoms with Crippen LogP contribution in [0.25, 0.3) is 0 Å². The number of nitrogens with zero attached hydrogens (tertiary/aromatic N) is 5. The van der Waals surface area contributed by atoms with Crippen molar-refractivity contribution in [2.45, 2.75) is 109 Å². The maximum absolute atomic E-state index is 14.2. The van der Waals surface area contributed by atoms with E-state index in [9.17, 15) is 44.3 Å². The van der Waals surface area contributed by atoms with Gasteiger partial charge in [0.1, 0.15) is 5.75 Å². The molecule has 1 fully saturated rings. The summed E-state index contributed by atoms with van der Waals surface area (Å²) >= 11 is 0. The highest BCUT2D eigenvalue weighted by molar-refractivity contribution is 5.97. The van der Waals surface area contributed by atoms with E-state index in [1.54, 1.807) is 4.90 Å². The Kier molecular flexibility index (Phi) is 11.0. The smallest absolute Gasteiger partial charge is 0.406 e. The Morgan fingerprint density at radius 3 is 2.10 bits per heavy atom. The van der Waals surface area contributed by atoms with E-state index in [0.29, 0.717) is 37.3 Å². The summed E-state index contributed by atoms with van der Waals surface area (Å²) < 4.78 is 127. The molecule has 0 saturated heterocycles. The number of hydrogen-bond acceptors (Lipinski definition) is 7. The number of fused-ring (bicyclic) bond motifs is 1. The van der Waals surface area contributed by atoms with Gasteiger partial charge in [-0.2, -0.15) is 31.8 Å². The molecule has 2 heterocycles. The van der Waals surface area contributed by atoms with Crippen molar-refractivity contribution in [1.29, 1.82) is 0 Å². The van der Waals surface area contributed by atoms with Crippen molar-refractivity contribution in [1.82, 2.24) is 15.4 Å². The van der Waals surface area contributed by atoms with Gasteiger partial charge < -0.3 is 9.64 Å². The number of halogens is 9. The van der Waals surface area contributed by atoms with Gasteiger partial charge in [-0.05, 0) is 92.0 Å². The van der Waals surface area contributed by atoms with Crippen LogP contribution in [0.1, 0.15) is 93.5 Å². The molecule has 0 spiro atoms. The first-order valence-corrected chi connectivity index (χ1v) is 16.6. The summed E-state index contributed by atoms with van der Waals surface area (Å²) in [4.78, 5) is 17.3. The molecule has 3 aliphatic rings. The topological polar surface area (TPSA) is 72.8 Å². The SMILES string of the molecule is CCCC1CCC(C(=O)N2c3ccc(OC(F)(F)F)cc3[C@@H](N(Cc3cc(C(F)(F)F)cc(C(F)(F)F)c3)C3N=NN(C)N3)C[C@H]2CC)CC1. The molecule has 50 heavy (non-hydrogen) atoms. The molecule has 17 heteroatoms. The van der Waals surface area contributed by atoms with Crippen LogP contribution in [0.4, 0.5) is 45.2 Å². The number of carbonyl (C=O) groups is 1. The standard InChI is InChI=1S/C33H39F9N6O2/c1-4-6-19-7-9-21(10-8-19)29(49)48-24(5-2)16-28(26-17-25(11-12-27(26)48)50-33(40,41)42)47(30-43-45-46(3)44-30)18-20-13-22(31(34,35)36)15-23(14-20)32(37,38)39/h11-15,17,19,21,24,28,30,44H,4-10,16,18H2,1-3H3/t19?,21?,24-,28+,30?/m1/s1. The number of hydrogen-bond donors (Lipinski definition) is 1. The van der Waals surface area contributed by atoms with Gasteiger partial charge in [0.15, 0.2) is 6.29 Å². The molecule has 0 radical (unpaired) electrons. The summed E-state index contributed by atoms with van der Waals surface area (Å²) in [6.45, 7) is 3.39. The molecule has 1 unspecified atom stereocenters. The number of benzene rings is 2. The van der Waals surface area contributed by atoms with Crippen molar-refractivity contribution in [2.75, 3.05) is 11.9 Å². The number of amides is 1. The van der Waals surface area contributed by atoms with Crippen LogP contribution < -0.4 is 15.1 Å². The van der Waals surface area contributed by atoms with Crippen molar-refractivity contribution in [2.24, 2.45) is 22.2 Å². The number of alkyl halides is 9. The largest absolute Gasteiger partial charge is 0.573 e. The third-order valence-corrected chi connectivity index (χ3v) is 9.64. The molecule has 2 aliphatic heterocycles. The third-order valence-electron chi connectivity index (χ3n) is 9.64. The number of rotatable bonds is 9. The molecular weight excluding hydrogens is 683 g/mol. The van der Waals surface area contributed by atoms with Crippen LogP contribution in [-0.2, 0) is 23.7 Å². The second kappa shape index (κ2) is 14.6. The fraction of sp³-hybridized carbons (Fsp3) is 0.606. The van der Waals surface area contributed by atoms with Crippen molar-refractivity contribution in [3.63, 3.8) is 0 Å². The molecule has 1 aliphatic carbocycles. The van der Waals surface area contributed by atoms with E-state index < -0.39 is 60.5 Å². The zero-order chi connectivity index (χ0) is 36.6. The van der Waals surface area contributed by atoms with Gasteiger partial charge in [0.2, 0.25) is 5.91 Å². The second-order valence-electron chi connectivity index (χ2n) is 13.1. The molecule has 2 aromatic carbocycles. The minimum absolute atomic E-state index is 0.0259. The van der Waals surface area contributed by atoms with Crippen molar-refractivity contribution >= 4 is 11.6 Å². The van der Waals surface area contributed by atoms with E-state index in [2.05, 4.69) is 27.4 Å². The molecule has 2 aromatic rings. The van der Waals surface area contributed by atoms with Crippen LogP contribution in [0.5, 0.6) is 5.75 Å². The van der Waals surface area contributed by atoms with Gasteiger partial charge in [0.25, 0.3) is 0 Å². The highest BCUT2D eigenvalue weighted by atomic mass is 19.4. The van der Waals surface area contributed by atoms with Gasteiger partial charge in [0.05, 0.1) is 11.1 Å². The third kappa shape index (κ3) is 8.64. The Bertz CT molecular complexity index is 1510. The summed E-state index contributed by atoms with van der Waals surface area (Å²) in [5, 5.41) is 9.19. The average molecular weight is 723 g/mol. The zero-order valence-electron chi connectivity index (χ0n) is 27.7. The van der Waals surface area contributed by atoms with Gasteiger partial charge >= 0.3 is 18.7 Å². The summed E-state index contributed by atoms with van der Waals surface area (Å²) in [7, 11) is 1.47. The van der Waals surface area contributed by atoms with Gasteiger partial charge in [-0.15, -0.1) is 18.3 Å². The lowest BCUT2D eigenvalue weighted by atomic mass is 9.78. The molecule has 0 aromatic heterocycles. The molecule has 0 bridgehead atoms. The maximum Gasteiger partial charge on any atom is 0.573 e. The lowest BCUT2D eigenvalue weighted by Crippen LogP contribution is -2.53. The maximum atomic E-state index is 14.2. The first kappa shape index (κ1) is 37.7. The molecule has 3 atom stereocenters. The number of nitrogens with one attached hydrogen (secondary N) is 1. The molecule has 1 amide bonds. The Morgan fingerprint density at radius 2 is 1.58 bits per heavy atom. The Hall–Kier alpha value is -3.60. The van der Waals surface area contributed by atoms with Crippen LogP contribution in [-0.4, -0.2) is 41.7 Å². The molecular formula is C33H39F9N6O2. The van der Waals surface area contributed by atoms with E-state index in [4.69, 9.17) is 0 Å². The fourth-order valence-electron chi connectivity index (χ4n) is 7.34. The van der Waals surface area contributed by atoms with E-state index in [1.807, 2.05) is 6.92 Å². The van der Waals surface area contributed by atoms with E-state index >= 15 is 0 Å². The van der Waals surface area contributed by atoms with Gasteiger partial charge in [-0.1, -0.05) is 31.9 Å². The number of hydrazine groups is 1. The van der Waals surface area contributed by atoms with Gasteiger partial charge in [-0.3, -0.25) is 9.69 Å². The normalized spacial score (nSPS) is 24.5. The van der Waals surface area contributed by atoms with Gasteiger partial charge in [0, 0.05) is 37.3 Å². The molecule has 5 rings (SSSR count). The fourth-order valence-corrected chi connectivity index (χ4v) is 7.34. The molecule has 1 N–H and O–H groups in total. The van der Waals surface area contributed by atoms with E-state index in [0.717, 1.165) is 37.8 Å². The quantitative estimate of drug-likeness (QED) is 0.261. The average Bonchev–Trinajstić information content (AvgIpc) is 3.47. The number of ether oxygens (including phenoxy) is 1. The number of anilines is 1. The predicted molar refractivity (Wildman–Crippen MR) is 164 cm³/mol. The monoisotopic (exact) mass is 722 g/mol. The van der Waals surface area contributed by atoms with Crippen LogP contribution >= 0.6 is 0 Å². The number of carbonyl (C=O) groups excluding carboxylic acids is 1. The minimum atomic E-state index is -5.10. The van der Waals surface area contributed by atoms with E-state index in [-0.39, 0.29) is 41.1 Å². The van der Waals surface area contributed by atoms with E-state index in [1.165, 1.54) is 23.1 Å². The highest BCUT2D eigenvalue weighted by Gasteiger charge is 2.44. The Balaban J connectivity index is 1.60. The Morgan fingerprint density at radius 1 is 0.940 bits per heavy atom. The lowest BCUT2D eigenvalue weighted by molar-refractivity contribution is -0.274. The first-order chi connectivity index (χ1) is 23.4. The van der Waals surface area contributed by atoms with Crippen molar-refractivity contribution in [3.8, 4) is 5.75 Å². The summed E-state index contributed by atoms with van der Waals surface area (Å²) in [6.07, 6.45) is -10.8. The second-order valence-corrected chi connectivity index (χ2v) is 13.1. The zero-order valence-corrected chi connectivity index (χ0v) is 27.7. The summed E-state index contributed by atoms with van der Waals surface area (Å²) in [5.74, 6) is -0.568. The summed E-state index contributed by atoms with van der Waals surface area (Å²) in [5.41, 5.74) is -0.0507. The summed E-state index contributed by atoms with van der Waals surface area (Å²) in [6, 6.07) is 3.34. The van der Waals surface area contributed by atoms with Crippen LogP contribution in [0.3, 0.4) is 0 Å². The van der Waals surface area contributed by atoms with Gasteiger partial charge in [-0.25, -0.2) is 5.12 Å². The molecule has 276 valence electrons. The van der Waals surface area contributed by atoms with Crippen molar-refractivity contribution < 1.29 is 49.0 Å². The van der Waals surface area contributed by atoms with Crippen molar-refractivity contribution in [3.05, 3.63) is 58.7 Å². The predicted octanol–water partition coefficient (Wildman–Crippen LogP) is 9.39. The highest BCUT2D eigenvalue weighted by Crippen LogP contribution is 2.47. The van der Waals surface area contributed by atoms with Crippen LogP contribution in [0, 0.1) is 11.8 Å². The first-order valence-electron chi connectivity index (χ1n) is 16.6. The van der Waals surface area contributed by atoms with Crippen LogP contribution in [0.2, 0.25) is 0 Å². The Labute approximate surface area is 283 Å². The minimum Gasteiger partial charge on any atom is -0.406 e. The molecule has 8 nitrogen and oxygen atoms in total.